The number of thioether (sulfide) groups is 1. The molecule has 0 spiro atoms. The minimum absolute atomic E-state index is 0.150. The van der Waals surface area contributed by atoms with Crippen LogP contribution in [0.1, 0.15) is 0 Å². The molecule has 1 fully saturated rings. The third-order valence-corrected chi connectivity index (χ3v) is 1.88. The highest BCUT2D eigenvalue weighted by Crippen LogP contribution is 2.20. The fourth-order valence-electron chi connectivity index (χ4n) is 0.544. The van der Waals surface area contributed by atoms with Crippen LogP contribution in [0.15, 0.2) is 0 Å². The van der Waals surface area contributed by atoms with Gasteiger partial charge in [0, 0.05) is 12.3 Å². The monoisotopic (exact) mass is 134 g/mol. The first-order chi connectivity index (χ1) is 3.71. The Morgan fingerprint density at radius 3 is 2.50 bits per heavy atom. The summed E-state index contributed by atoms with van der Waals surface area (Å²) < 4.78 is 0. The van der Waals surface area contributed by atoms with Crippen LogP contribution in [-0.2, 0) is 0 Å². The molecule has 4 heteroatoms. The molecule has 1 rings (SSSR count). The van der Waals surface area contributed by atoms with Gasteiger partial charge in [-0.2, -0.15) is 0 Å². The van der Waals surface area contributed by atoms with Gasteiger partial charge in [0.15, 0.2) is 0 Å². The van der Waals surface area contributed by atoms with Crippen molar-refractivity contribution in [3.05, 3.63) is 0 Å². The molecule has 47 valence electrons. The molecule has 1 aliphatic rings. The minimum atomic E-state index is -1.57. The van der Waals surface area contributed by atoms with Crippen LogP contribution in [0.5, 0.6) is 0 Å². The van der Waals surface area contributed by atoms with Gasteiger partial charge in [-0.1, -0.05) is 11.8 Å². The van der Waals surface area contributed by atoms with Crippen molar-refractivity contribution in [1.82, 2.24) is 5.32 Å². The van der Waals surface area contributed by atoms with Crippen molar-refractivity contribution in [1.29, 1.82) is 0 Å². The van der Waals surface area contributed by atoms with Gasteiger partial charge in [0.25, 0.3) is 0 Å². The highest BCUT2D eigenvalue weighted by atomic mass is 32.2. The average molecular weight is 134 g/mol. The van der Waals surface area contributed by atoms with Gasteiger partial charge in [0.05, 0.1) is 6.54 Å². The Hall–Kier alpha value is 0.230. The van der Waals surface area contributed by atoms with E-state index in [1.165, 1.54) is 0 Å². The molecule has 1 radical (unpaired) electrons. The van der Waals surface area contributed by atoms with Crippen LogP contribution >= 0.6 is 11.8 Å². The first kappa shape index (κ1) is 6.35. The smallest absolute Gasteiger partial charge is 0.227 e. The Bertz CT molecular complexity index is 78.1. The number of aliphatic hydroxyl groups is 2. The topological polar surface area (TPSA) is 54.6 Å². The molecule has 1 saturated heterocycles. The predicted octanol–water partition coefficient (Wildman–Crippen LogP) is -1.02. The van der Waals surface area contributed by atoms with E-state index < -0.39 is 5.12 Å². The summed E-state index contributed by atoms with van der Waals surface area (Å²) in [6.45, 7) is 0.894. The molecule has 0 aromatic heterocycles. The second kappa shape index (κ2) is 2.23. The highest BCUT2D eigenvalue weighted by Gasteiger charge is 2.26. The van der Waals surface area contributed by atoms with Crippen molar-refractivity contribution < 1.29 is 10.2 Å². The molecular weight excluding hydrogens is 126 g/mol. The molecule has 2 N–H and O–H groups in total. The number of hydrogen-bond donors (Lipinski definition) is 2. The molecular formula is C4H8NO2S. The Morgan fingerprint density at radius 1 is 1.50 bits per heavy atom. The molecule has 1 aliphatic heterocycles. The molecule has 0 unspecified atom stereocenters. The van der Waals surface area contributed by atoms with Gasteiger partial charge in [0.2, 0.25) is 5.12 Å². The maximum atomic E-state index is 8.80. The van der Waals surface area contributed by atoms with E-state index in [0.29, 0.717) is 5.75 Å². The normalized spacial score (nSPS) is 27.8. The lowest BCUT2D eigenvalue weighted by molar-refractivity contribution is -0.0755. The van der Waals surface area contributed by atoms with Crippen molar-refractivity contribution in [2.24, 2.45) is 0 Å². The number of nitrogens with zero attached hydrogens (tertiary/aromatic N) is 1. The van der Waals surface area contributed by atoms with Gasteiger partial charge in [0.1, 0.15) is 0 Å². The van der Waals surface area contributed by atoms with Crippen molar-refractivity contribution in [3.8, 4) is 0 Å². The van der Waals surface area contributed by atoms with Gasteiger partial charge >= 0.3 is 0 Å². The van der Waals surface area contributed by atoms with E-state index >= 15 is 0 Å². The van der Waals surface area contributed by atoms with Gasteiger partial charge in [-0.25, -0.2) is 5.32 Å². The molecule has 0 amide bonds. The summed E-state index contributed by atoms with van der Waals surface area (Å²) >= 11 is 1.14. The van der Waals surface area contributed by atoms with Crippen LogP contribution in [0.25, 0.3) is 0 Å². The fraction of sp³-hybridized carbons (Fsp3) is 1.00. The van der Waals surface area contributed by atoms with Gasteiger partial charge in [-0.3, -0.25) is 0 Å². The van der Waals surface area contributed by atoms with Crippen LogP contribution in [0.3, 0.4) is 0 Å². The third kappa shape index (κ3) is 1.63. The maximum absolute atomic E-state index is 8.80. The van der Waals surface area contributed by atoms with E-state index in [1.807, 2.05) is 0 Å². The summed E-state index contributed by atoms with van der Waals surface area (Å²) in [6.07, 6.45) is 0. The zero-order valence-corrected chi connectivity index (χ0v) is 5.19. The summed E-state index contributed by atoms with van der Waals surface area (Å²) in [5.41, 5.74) is 0. The van der Waals surface area contributed by atoms with Crippen molar-refractivity contribution in [3.63, 3.8) is 0 Å². The Morgan fingerprint density at radius 2 is 2.25 bits per heavy atom. The van der Waals surface area contributed by atoms with Gasteiger partial charge in [-0.05, 0) is 0 Å². The fourth-order valence-corrected chi connectivity index (χ4v) is 1.27. The molecule has 3 nitrogen and oxygen atoms in total. The first-order valence-corrected chi connectivity index (χ1v) is 3.41. The molecule has 0 aromatic carbocycles. The van der Waals surface area contributed by atoms with E-state index in [4.69, 9.17) is 10.2 Å². The highest BCUT2D eigenvalue weighted by molar-refractivity contribution is 8.00. The van der Waals surface area contributed by atoms with Crippen LogP contribution in [0, 0.1) is 0 Å². The molecule has 0 aromatic rings. The quantitative estimate of drug-likeness (QED) is 0.417. The van der Waals surface area contributed by atoms with E-state index in [-0.39, 0.29) is 6.54 Å². The van der Waals surface area contributed by atoms with Crippen LogP contribution in [0.2, 0.25) is 0 Å². The Kier molecular flexibility index (Phi) is 1.77. The SMILES string of the molecule is OC1(O)C[N]CCS1. The lowest BCUT2D eigenvalue weighted by Crippen LogP contribution is -2.39. The van der Waals surface area contributed by atoms with Crippen molar-refractivity contribution in [2.75, 3.05) is 18.8 Å². The van der Waals surface area contributed by atoms with Gasteiger partial charge in [-0.15, -0.1) is 0 Å². The largest absolute Gasteiger partial charge is 0.356 e. The maximum Gasteiger partial charge on any atom is 0.227 e. The minimum Gasteiger partial charge on any atom is -0.356 e. The van der Waals surface area contributed by atoms with E-state index in [2.05, 4.69) is 5.32 Å². The molecule has 0 atom stereocenters. The van der Waals surface area contributed by atoms with E-state index in [1.54, 1.807) is 0 Å². The number of rotatable bonds is 0. The molecule has 8 heavy (non-hydrogen) atoms. The van der Waals surface area contributed by atoms with Crippen molar-refractivity contribution in [2.45, 2.75) is 5.12 Å². The second-order valence-electron chi connectivity index (χ2n) is 1.70. The summed E-state index contributed by atoms with van der Waals surface area (Å²) in [6, 6.07) is 0. The van der Waals surface area contributed by atoms with Gasteiger partial charge < -0.3 is 10.2 Å². The predicted molar refractivity (Wildman–Crippen MR) is 31.5 cm³/mol. The first-order valence-electron chi connectivity index (χ1n) is 2.43. The molecule has 0 bridgehead atoms. The Labute approximate surface area is 52.1 Å². The van der Waals surface area contributed by atoms with E-state index in [0.717, 1.165) is 18.3 Å². The zero-order chi connectivity index (χ0) is 6.04. The summed E-state index contributed by atoms with van der Waals surface area (Å²) in [5.74, 6) is 0.715. The van der Waals surface area contributed by atoms with Crippen LogP contribution < -0.4 is 5.32 Å². The summed E-state index contributed by atoms with van der Waals surface area (Å²) in [7, 11) is 0. The van der Waals surface area contributed by atoms with Crippen LogP contribution in [-0.4, -0.2) is 34.2 Å². The van der Waals surface area contributed by atoms with Crippen LogP contribution in [0.4, 0.5) is 0 Å². The number of hydrogen-bond acceptors (Lipinski definition) is 3. The average Bonchev–Trinajstić information content (AvgIpc) is 1.65. The lowest BCUT2D eigenvalue weighted by Gasteiger charge is -2.24. The summed E-state index contributed by atoms with van der Waals surface area (Å²) in [4.78, 5) is 0. The third-order valence-electron chi connectivity index (χ3n) is 0.900. The molecule has 0 saturated carbocycles. The summed E-state index contributed by atoms with van der Waals surface area (Å²) in [5, 5.41) is 19.8. The molecule has 0 aliphatic carbocycles. The van der Waals surface area contributed by atoms with E-state index in [9.17, 15) is 0 Å². The zero-order valence-electron chi connectivity index (χ0n) is 4.37. The standard InChI is InChI=1S/C4H8NO2S/c6-4(7)3-5-1-2-8-4/h6-7H,1-3H2. The second-order valence-corrected chi connectivity index (χ2v) is 3.05. The molecule has 1 heterocycles. The van der Waals surface area contributed by atoms with Crippen molar-refractivity contribution >= 4 is 11.8 Å². The Balaban J connectivity index is 2.33. The lowest BCUT2D eigenvalue weighted by atomic mass is 10.5.